The van der Waals surface area contributed by atoms with Gasteiger partial charge in [-0.25, -0.2) is 8.42 Å². The predicted molar refractivity (Wildman–Crippen MR) is 294 cm³/mol. The fourth-order valence-electron chi connectivity index (χ4n) is 7.91. The minimum Gasteiger partial charge on any atom is -0.870 e. The number of nitrogens with one attached hydrogen (secondary N) is 2. The molecular weight excluding hydrogens is 1100 g/mol. The summed E-state index contributed by atoms with van der Waals surface area (Å²) in [5.74, 6) is -0.994. The Kier molecular flexibility index (Phi) is 20.2. The van der Waals surface area contributed by atoms with E-state index in [1.165, 1.54) is 18.2 Å². The van der Waals surface area contributed by atoms with Crippen LogP contribution in [0.4, 0.5) is 34.1 Å². The van der Waals surface area contributed by atoms with Crippen LogP contribution < -0.4 is 25.2 Å². The summed E-state index contributed by atoms with van der Waals surface area (Å²) in [6.07, 6.45) is 0.357. The molecule has 0 aromatic heterocycles. The zero-order valence-corrected chi connectivity index (χ0v) is 46.9. The van der Waals surface area contributed by atoms with E-state index in [9.17, 15) is 45.7 Å². The van der Waals surface area contributed by atoms with Gasteiger partial charge in [0.1, 0.15) is 32.2 Å². The van der Waals surface area contributed by atoms with E-state index in [0.29, 0.717) is 57.6 Å². The summed E-state index contributed by atoms with van der Waals surface area (Å²) in [6.45, 7) is 8.09. The molecule has 77 heavy (non-hydrogen) atoms. The number of amides is 2. The van der Waals surface area contributed by atoms with Gasteiger partial charge in [-0.1, -0.05) is 91.3 Å². The maximum atomic E-state index is 13.4. The third-order valence-corrected chi connectivity index (χ3v) is 13.6. The fourth-order valence-corrected chi connectivity index (χ4v) is 10.1. The van der Waals surface area contributed by atoms with E-state index >= 15 is 0 Å². The van der Waals surface area contributed by atoms with Crippen LogP contribution in [0, 0.1) is 0 Å². The Morgan fingerprint density at radius 1 is 0.584 bits per heavy atom. The van der Waals surface area contributed by atoms with E-state index in [1.54, 1.807) is 117 Å². The van der Waals surface area contributed by atoms with Gasteiger partial charge in [0.2, 0.25) is 0 Å². The summed E-state index contributed by atoms with van der Waals surface area (Å²) in [5.41, 5.74) is 1.11. The Bertz CT molecular complexity index is 3560. The van der Waals surface area contributed by atoms with Crippen LogP contribution in [0.25, 0.3) is 21.5 Å². The number of anilines is 2. The van der Waals surface area contributed by atoms with Crippen LogP contribution in [0.5, 0.6) is 23.0 Å². The van der Waals surface area contributed by atoms with Gasteiger partial charge < -0.3 is 34.9 Å². The number of phenolic OH excluding ortho intramolecular Hbond substituents is 1. The van der Waals surface area contributed by atoms with Gasteiger partial charge in [0.05, 0.1) is 40.7 Å². The van der Waals surface area contributed by atoms with Crippen LogP contribution in [-0.2, 0) is 33.1 Å². The summed E-state index contributed by atoms with van der Waals surface area (Å²) in [6, 6.07) is 35.3. The maximum Gasteiger partial charge on any atom is 2.00 e. The first-order chi connectivity index (χ1) is 36.2. The van der Waals surface area contributed by atoms with Crippen LogP contribution in [0.15, 0.2) is 164 Å². The molecule has 18 nitrogen and oxygen atoms in total. The molecule has 8 rings (SSSR count). The van der Waals surface area contributed by atoms with Crippen molar-refractivity contribution in [3.05, 3.63) is 166 Å². The third kappa shape index (κ3) is 14.5. The SMILES string of the molecule is CCOc1ccc(NC(=O)c2cc3ccccc3c(N=Nc3cc(Cl)cc(S(=O)(=O)O)c3CC)c2O)cc1.CCOc1ccc(NC(=O)c2cc3ccccc3c(N=Nc3cc(Cl)cc(S(=O)(=O)[O-])c3CC)c2[O-])cc1.[Ca+2]. The first kappa shape index (κ1) is 59.5. The molecule has 0 saturated carbocycles. The van der Waals surface area contributed by atoms with Crippen molar-refractivity contribution >= 4 is 149 Å². The predicted octanol–water partition coefficient (Wildman–Crippen LogP) is 12.8. The topological polar surface area (TPSA) is 281 Å². The Hall–Kier alpha value is -6.72. The number of halogens is 2. The Morgan fingerprint density at radius 3 is 1.45 bits per heavy atom. The molecule has 0 fully saturated rings. The molecule has 2 amide bonds. The van der Waals surface area contributed by atoms with E-state index in [-0.39, 0.29) is 111 Å². The second-order valence-corrected chi connectivity index (χ2v) is 19.9. The molecule has 0 heterocycles. The number of ether oxygens (including phenoxy) is 2. The molecule has 8 aromatic rings. The molecule has 0 unspecified atom stereocenters. The second-order valence-electron chi connectivity index (χ2n) is 16.3. The van der Waals surface area contributed by atoms with Crippen molar-refractivity contribution in [3.63, 3.8) is 0 Å². The summed E-state index contributed by atoms with van der Waals surface area (Å²) in [4.78, 5) is 25.3. The normalized spacial score (nSPS) is 11.5. The number of phenols is 1. The molecule has 0 radical (unpaired) electrons. The van der Waals surface area contributed by atoms with Gasteiger partial charge >= 0.3 is 37.7 Å². The number of carbonyl (C=O) groups excluding carboxylic acids is 2. The zero-order valence-electron chi connectivity index (χ0n) is 41.6. The van der Waals surface area contributed by atoms with Gasteiger partial charge in [0.15, 0.2) is 5.75 Å². The minimum atomic E-state index is -4.83. The smallest absolute Gasteiger partial charge is 0.870 e. The molecule has 4 N–H and O–H groups in total. The van der Waals surface area contributed by atoms with Crippen LogP contribution >= 0.6 is 23.2 Å². The van der Waals surface area contributed by atoms with Crippen LogP contribution in [0.1, 0.15) is 59.5 Å². The van der Waals surface area contributed by atoms with Gasteiger partial charge in [-0.05, 0) is 128 Å². The molecule has 0 aliphatic carbocycles. The number of fused-ring (bicyclic) bond motifs is 2. The molecule has 0 saturated heterocycles. The molecular formula is C54H46CaCl2N6O12S2. The van der Waals surface area contributed by atoms with Crippen molar-refractivity contribution in [1.82, 2.24) is 0 Å². The number of benzene rings is 8. The second kappa shape index (κ2) is 26.1. The zero-order chi connectivity index (χ0) is 54.9. The van der Waals surface area contributed by atoms with Crippen molar-refractivity contribution in [2.75, 3.05) is 23.8 Å². The van der Waals surface area contributed by atoms with Crippen LogP contribution in [0.2, 0.25) is 10.0 Å². The van der Waals surface area contributed by atoms with Crippen molar-refractivity contribution in [2.45, 2.75) is 50.3 Å². The third-order valence-electron chi connectivity index (χ3n) is 11.4. The van der Waals surface area contributed by atoms with Gasteiger partial charge in [0.25, 0.3) is 21.9 Å². The first-order valence-electron chi connectivity index (χ1n) is 23.2. The van der Waals surface area contributed by atoms with Crippen LogP contribution in [-0.4, -0.2) is 93.8 Å². The summed E-state index contributed by atoms with van der Waals surface area (Å²) < 4.78 is 79.5. The summed E-state index contributed by atoms with van der Waals surface area (Å²) >= 11 is 12.1. The van der Waals surface area contributed by atoms with Crippen molar-refractivity contribution in [3.8, 4) is 23.0 Å². The number of rotatable bonds is 16. The Balaban J connectivity index is 0.000000246. The summed E-state index contributed by atoms with van der Waals surface area (Å²) in [7, 11) is -9.40. The van der Waals surface area contributed by atoms with Gasteiger partial charge in [-0.3, -0.25) is 14.1 Å². The standard InChI is InChI=1S/2C27H24ClN3O6S.Ca/c2*1-3-20-23(14-17(28)15-24(20)38(34,35)36)30-31-25-21-8-6-5-7-16(21)13-22(26(25)32)27(33)29-18-9-11-19(12-10-18)37-4-2;/h2*5-15,32H,3-4H2,1-2H3,(H,29,33)(H,34,35,36);/q;;+2/p-2. The first-order valence-corrected chi connectivity index (χ1v) is 26.8. The molecule has 0 aliphatic heterocycles. The average Bonchev–Trinajstić information content (AvgIpc) is 3.39. The molecule has 0 spiro atoms. The molecule has 392 valence electrons. The quantitative estimate of drug-likeness (QED) is 0.0399. The number of azo groups is 2. The Morgan fingerprint density at radius 2 is 1.00 bits per heavy atom. The molecule has 0 bridgehead atoms. The number of aromatic hydroxyl groups is 1. The minimum absolute atomic E-state index is 0. The maximum absolute atomic E-state index is 13.4. The number of carbonyl (C=O) groups is 2. The van der Waals surface area contributed by atoms with Crippen molar-refractivity contribution < 1.29 is 55.2 Å². The van der Waals surface area contributed by atoms with Crippen molar-refractivity contribution in [1.29, 1.82) is 0 Å². The van der Waals surface area contributed by atoms with Gasteiger partial charge in [-0.2, -0.15) is 23.8 Å². The number of hydrogen-bond acceptors (Lipinski definition) is 15. The van der Waals surface area contributed by atoms with Gasteiger partial charge in [-0.15, -0.1) is 5.11 Å². The van der Waals surface area contributed by atoms with E-state index in [2.05, 4.69) is 31.1 Å². The summed E-state index contributed by atoms with van der Waals surface area (Å²) in [5, 5.41) is 48.7. The molecule has 0 atom stereocenters. The fraction of sp³-hybridized carbons (Fsp3) is 0.148. The monoisotopic (exact) mass is 1140 g/mol. The average molecular weight is 1150 g/mol. The van der Waals surface area contributed by atoms with Crippen molar-refractivity contribution in [2.24, 2.45) is 20.5 Å². The molecule has 23 heteroatoms. The van der Waals surface area contributed by atoms with E-state index in [4.69, 9.17) is 32.7 Å². The van der Waals surface area contributed by atoms with Gasteiger partial charge in [0, 0.05) is 43.3 Å². The van der Waals surface area contributed by atoms with E-state index in [1.807, 2.05) is 13.8 Å². The number of nitrogens with zero attached hydrogens (tertiary/aromatic N) is 4. The Labute approximate surface area is 483 Å². The molecule has 8 aromatic carbocycles. The number of hydrogen-bond donors (Lipinski definition) is 4. The van der Waals surface area contributed by atoms with Crippen LogP contribution in [0.3, 0.4) is 0 Å². The largest absolute Gasteiger partial charge is 2.00 e. The van der Waals surface area contributed by atoms with E-state index in [0.717, 1.165) is 12.1 Å². The van der Waals surface area contributed by atoms with E-state index < -0.39 is 48.4 Å². The molecule has 0 aliphatic rings.